The van der Waals surface area contributed by atoms with Crippen molar-refractivity contribution in [3.05, 3.63) is 71.8 Å². The summed E-state index contributed by atoms with van der Waals surface area (Å²) >= 11 is 0. The van der Waals surface area contributed by atoms with E-state index in [4.69, 9.17) is 0 Å². The van der Waals surface area contributed by atoms with E-state index in [0.29, 0.717) is 0 Å². The van der Waals surface area contributed by atoms with Gasteiger partial charge in [0.2, 0.25) is 5.91 Å². The van der Waals surface area contributed by atoms with E-state index in [0.717, 1.165) is 55.1 Å². The smallest absolute Gasteiger partial charge is 0.230 e. The molecule has 0 spiro atoms. The number of anilines is 2. The fourth-order valence-corrected chi connectivity index (χ4v) is 4.95. The molecule has 1 fully saturated rings. The molecule has 5 nitrogen and oxygen atoms in total. The molecule has 3 heterocycles. The first kappa shape index (κ1) is 19.7. The topological polar surface area (TPSA) is 49.3 Å². The van der Waals surface area contributed by atoms with Crippen LogP contribution in [0.3, 0.4) is 0 Å². The van der Waals surface area contributed by atoms with Crippen molar-refractivity contribution in [1.82, 2.24) is 10.2 Å². The van der Waals surface area contributed by atoms with E-state index in [1.54, 1.807) is 0 Å². The molecule has 0 saturated carbocycles. The Bertz CT molecular complexity index is 1090. The first-order chi connectivity index (χ1) is 15.1. The number of hydrogen-bond acceptors (Lipinski definition) is 4. The van der Waals surface area contributed by atoms with E-state index in [2.05, 4.69) is 65.3 Å². The summed E-state index contributed by atoms with van der Waals surface area (Å²) in [4.78, 5) is 17.6. The predicted molar refractivity (Wildman–Crippen MR) is 124 cm³/mol. The Balaban J connectivity index is 1.25. The van der Waals surface area contributed by atoms with Crippen molar-refractivity contribution < 1.29 is 4.79 Å². The van der Waals surface area contributed by atoms with Gasteiger partial charge in [0.1, 0.15) is 0 Å². The lowest BCUT2D eigenvalue weighted by Crippen LogP contribution is -2.45. The van der Waals surface area contributed by atoms with E-state index in [9.17, 15) is 4.79 Å². The van der Waals surface area contributed by atoms with Crippen LogP contribution in [0, 0.1) is 12.8 Å². The number of carbonyl (C=O) groups excluding carboxylic acids is 1. The number of aryl methyl sites for hydroxylation is 1. The van der Waals surface area contributed by atoms with Gasteiger partial charge in [-0.1, -0.05) is 42.5 Å². The number of aromatic nitrogens is 2. The van der Waals surface area contributed by atoms with Crippen molar-refractivity contribution >= 4 is 17.4 Å². The summed E-state index contributed by atoms with van der Waals surface area (Å²) in [6.07, 6.45) is 2.65. The van der Waals surface area contributed by atoms with E-state index in [-0.39, 0.29) is 17.9 Å². The lowest BCUT2D eigenvalue weighted by Gasteiger charge is -2.35. The van der Waals surface area contributed by atoms with Gasteiger partial charge in [0.05, 0.1) is 5.69 Å². The van der Waals surface area contributed by atoms with Crippen molar-refractivity contribution in [2.75, 3.05) is 22.9 Å². The van der Waals surface area contributed by atoms with Gasteiger partial charge in [-0.2, -0.15) is 0 Å². The molecule has 0 N–H and O–H groups in total. The van der Waals surface area contributed by atoms with Crippen LogP contribution >= 0.6 is 0 Å². The molecule has 1 amide bonds. The minimum absolute atomic E-state index is 0.0732. The molecule has 31 heavy (non-hydrogen) atoms. The molecule has 0 bridgehead atoms. The van der Waals surface area contributed by atoms with Crippen LogP contribution in [0.1, 0.15) is 30.9 Å². The maximum absolute atomic E-state index is 13.3. The van der Waals surface area contributed by atoms with Crippen molar-refractivity contribution in [1.29, 1.82) is 0 Å². The third-order valence-corrected chi connectivity index (χ3v) is 6.68. The van der Waals surface area contributed by atoms with Crippen LogP contribution in [0.15, 0.2) is 60.7 Å². The normalized spacial score (nSPS) is 18.8. The predicted octanol–water partition coefficient (Wildman–Crippen LogP) is 4.65. The zero-order valence-corrected chi connectivity index (χ0v) is 18.2. The summed E-state index contributed by atoms with van der Waals surface area (Å²) in [7, 11) is 0. The van der Waals surface area contributed by atoms with Gasteiger partial charge in [0.25, 0.3) is 0 Å². The van der Waals surface area contributed by atoms with Crippen LogP contribution in [0.5, 0.6) is 0 Å². The minimum Gasteiger partial charge on any atom is -0.355 e. The quantitative estimate of drug-likeness (QED) is 0.629. The minimum atomic E-state index is 0.0732. The van der Waals surface area contributed by atoms with Crippen LogP contribution in [-0.4, -0.2) is 35.2 Å². The standard InChI is InChI=1S/C26H28N4O/c1-18-7-3-5-9-22(18)23-11-12-25(28-27-23)29-15-13-20(14-16-29)26(31)30-19(2)17-21-8-4-6-10-24(21)30/h3-12,19-20H,13-17H2,1-2H3. The van der Waals surface area contributed by atoms with Gasteiger partial charge in [0.15, 0.2) is 5.82 Å². The van der Waals surface area contributed by atoms with Gasteiger partial charge in [-0.3, -0.25) is 4.79 Å². The fourth-order valence-electron chi connectivity index (χ4n) is 4.95. The Kier molecular flexibility index (Phi) is 5.18. The van der Waals surface area contributed by atoms with E-state index in [1.165, 1.54) is 11.1 Å². The largest absolute Gasteiger partial charge is 0.355 e. The molecule has 3 aromatic rings. The highest BCUT2D eigenvalue weighted by Crippen LogP contribution is 2.35. The summed E-state index contributed by atoms with van der Waals surface area (Å²) in [5, 5.41) is 8.96. The third kappa shape index (κ3) is 3.69. The Labute approximate surface area is 183 Å². The molecular weight excluding hydrogens is 384 g/mol. The summed E-state index contributed by atoms with van der Waals surface area (Å²) in [5.74, 6) is 1.24. The number of carbonyl (C=O) groups is 1. The number of para-hydroxylation sites is 1. The number of amides is 1. The van der Waals surface area contributed by atoms with Crippen LogP contribution < -0.4 is 9.80 Å². The van der Waals surface area contributed by atoms with Crippen molar-refractivity contribution in [3.8, 4) is 11.3 Å². The zero-order chi connectivity index (χ0) is 21.4. The Morgan fingerprint density at radius 3 is 2.42 bits per heavy atom. The second-order valence-corrected chi connectivity index (χ2v) is 8.74. The van der Waals surface area contributed by atoms with Gasteiger partial charge >= 0.3 is 0 Å². The summed E-state index contributed by atoms with van der Waals surface area (Å²) < 4.78 is 0. The zero-order valence-electron chi connectivity index (χ0n) is 18.2. The van der Waals surface area contributed by atoms with Crippen molar-refractivity contribution in [3.63, 3.8) is 0 Å². The first-order valence-corrected chi connectivity index (χ1v) is 11.2. The van der Waals surface area contributed by atoms with Crippen LogP contribution in [0.25, 0.3) is 11.3 Å². The number of piperidine rings is 1. The first-order valence-electron chi connectivity index (χ1n) is 11.2. The van der Waals surface area contributed by atoms with Gasteiger partial charge < -0.3 is 9.80 Å². The van der Waals surface area contributed by atoms with Gasteiger partial charge in [-0.25, -0.2) is 0 Å². The highest BCUT2D eigenvalue weighted by atomic mass is 16.2. The Morgan fingerprint density at radius 1 is 0.935 bits per heavy atom. The molecule has 1 atom stereocenters. The van der Waals surface area contributed by atoms with Crippen molar-refractivity contribution in [2.45, 2.75) is 39.2 Å². The average Bonchev–Trinajstić information content (AvgIpc) is 3.15. The second-order valence-electron chi connectivity index (χ2n) is 8.74. The van der Waals surface area contributed by atoms with Crippen LogP contribution in [-0.2, 0) is 11.2 Å². The third-order valence-electron chi connectivity index (χ3n) is 6.68. The molecular formula is C26H28N4O. The summed E-state index contributed by atoms with van der Waals surface area (Å²) in [6, 6.07) is 20.9. The maximum Gasteiger partial charge on any atom is 0.230 e. The fraction of sp³-hybridized carbons (Fsp3) is 0.346. The average molecular weight is 413 g/mol. The highest BCUT2D eigenvalue weighted by molar-refractivity contribution is 5.97. The number of benzene rings is 2. The number of nitrogens with zero attached hydrogens (tertiary/aromatic N) is 4. The molecule has 2 aliphatic heterocycles. The van der Waals surface area contributed by atoms with E-state index < -0.39 is 0 Å². The maximum atomic E-state index is 13.3. The van der Waals surface area contributed by atoms with Crippen LogP contribution in [0.4, 0.5) is 11.5 Å². The lowest BCUT2D eigenvalue weighted by atomic mass is 9.94. The molecule has 1 saturated heterocycles. The molecule has 0 radical (unpaired) electrons. The lowest BCUT2D eigenvalue weighted by molar-refractivity contribution is -0.123. The molecule has 1 unspecified atom stereocenters. The number of fused-ring (bicyclic) bond motifs is 1. The van der Waals surface area contributed by atoms with E-state index in [1.807, 2.05) is 29.2 Å². The summed E-state index contributed by atoms with van der Waals surface area (Å²) in [6.45, 7) is 5.91. The molecule has 2 aromatic carbocycles. The summed E-state index contributed by atoms with van der Waals surface area (Å²) in [5.41, 5.74) is 5.59. The molecule has 0 aliphatic carbocycles. The Morgan fingerprint density at radius 2 is 1.68 bits per heavy atom. The second kappa shape index (κ2) is 8.14. The van der Waals surface area contributed by atoms with Crippen LogP contribution in [0.2, 0.25) is 0 Å². The van der Waals surface area contributed by atoms with Gasteiger partial charge in [-0.05, 0) is 62.4 Å². The SMILES string of the molecule is Cc1ccccc1-c1ccc(N2CCC(C(=O)N3c4ccccc4CC3C)CC2)nn1. The van der Waals surface area contributed by atoms with Gasteiger partial charge in [0, 0.05) is 36.3 Å². The molecule has 5 heteroatoms. The van der Waals surface area contributed by atoms with Crippen molar-refractivity contribution in [2.24, 2.45) is 5.92 Å². The number of hydrogen-bond donors (Lipinski definition) is 0. The molecule has 5 rings (SSSR count). The monoisotopic (exact) mass is 412 g/mol. The molecule has 2 aliphatic rings. The molecule has 1 aromatic heterocycles. The number of rotatable bonds is 3. The van der Waals surface area contributed by atoms with E-state index >= 15 is 0 Å². The van der Waals surface area contributed by atoms with Gasteiger partial charge in [-0.15, -0.1) is 10.2 Å². The Hall–Kier alpha value is -3.21. The highest BCUT2D eigenvalue weighted by Gasteiger charge is 2.36. The molecule has 158 valence electrons.